The Hall–Kier alpha value is -0.610. The van der Waals surface area contributed by atoms with E-state index < -0.39 is 0 Å². The summed E-state index contributed by atoms with van der Waals surface area (Å²) in [5, 5.41) is 0. The molecule has 0 amide bonds. The van der Waals surface area contributed by atoms with E-state index in [0.717, 1.165) is 0 Å². The number of epoxide rings is 2. The van der Waals surface area contributed by atoms with E-state index in [1.54, 1.807) is 6.92 Å². The lowest BCUT2D eigenvalue weighted by atomic mass is 10.2. The van der Waals surface area contributed by atoms with E-state index in [0.29, 0.717) is 11.9 Å². The van der Waals surface area contributed by atoms with Crippen molar-refractivity contribution < 1.29 is 9.47 Å². The SMILES string of the molecule is CC(N)=NC1OC1C1OC1C. The Morgan fingerprint density at radius 2 is 2.00 bits per heavy atom. The Balaban J connectivity index is 1.82. The summed E-state index contributed by atoms with van der Waals surface area (Å²) in [5.74, 6) is 0.575. The van der Waals surface area contributed by atoms with Crippen molar-refractivity contribution in [1.82, 2.24) is 0 Å². The van der Waals surface area contributed by atoms with Crippen LogP contribution in [0.1, 0.15) is 13.8 Å². The second kappa shape index (κ2) is 2.19. The van der Waals surface area contributed by atoms with Crippen LogP contribution in [0.2, 0.25) is 0 Å². The van der Waals surface area contributed by atoms with Crippen molar-refractivity contribution in [3.8, 4) is 0 Å². The third-order valence-corrected chi connectivity index (χ3v) is 1.91. The molecule has 0 aliphatic carbocycles. The van der Waals surface area contributed by atoms with Crippen LogP contribution in [0.4, 0.5) is 0 Å². The highest BCUT2D eigenvalue weighted by Gasteiger charge is 2.55. The molecule has 0 radical (unpaired) electrons. The van der Waals surface area contributed by atoms with Gasteiger partial charge in [0.1, 0.15) is 12.2 Å². The minimum atomic E-state index is -0.0325. The molecule has 11 heavy (non-hydrogen) atoms. The molecule has 4 unspecified atom stereocenters. The van der Waals surface area contributed by atoms with Crippen LogP contribution >= 0.6 is 0 Å². The maximum Gasteiger partial charge on any atom is 0.179 e. The number of nitrogens with zero attached hydrogens (tertiary/aromatic N) is 1. The highest BCUT2D eigenvalue weighted by atomic mass is 16.7. The van der Waals surface area contributed by atoms with Gasteiger partial charge in [-0.2, -0.15) is 0 Å². The van der Waals surface area contributed by atoms with Crippen LogP contribution in [0.3, 0.4) is 0 Å². The molecule has 2 aliphatic heterocycles. The van der Waals surface area contributed by atoms with Crippen molar-refractivity contribution in [2.24, 2.45) is 10.7 Å². The lowest BCUT2D eigenvalue weighted by Gasteiger charge is -1.85. The average Bonchev–Trinajstić information content (AvgIpc) is 2.68. The summed E-state index contributed by atoms with van der Waals surface area (Å²) in [6, 6.07) is 0. The van der Waals surface area contributed by atoms with Crippen LogP contribution in [-0.4, -0.2) is 30.4 Å². The molecule has 0 bridgehead atoms. The molecule has 2 rings (SSSR count). The summed E-state index contributed by atoms with van der Waals surface area (Å²) in [6.45, 7) is 3.79. The van der Waals surface area contributed by atoms with Crippen molar-refractivity contribution in [2.75, 3.05) is 0 Å². The second-order valence-corrected chi connectivity index (χ2v) is 3.07. The first kappa shape index (κ1) is 7.06. The van der Waals surface area contributed by atoms with Crippen LogP contribution in [0.25, 0.3) is 0 Å². The molecule has 4 nitrogen and oxygen atoms in total. The fourth-order valence-corrected chi connectivity index (χ4v) is 1.21. The number of hydrogen-bond acceptors (Lipinski definition) is 3. The molecule has 2 fully saturated rings. The Bertz CT molecular complexity index is 201. The molecule has 0 aromatic rings. The summed E-state index contributed by atoms with van der Waals surface area (Å²) < 4.78 is 10.4. The van der Waals surface area contributed by atoms with E-state index >= 15 is 0 Å². The minimum absolute atomic E-state index is 0.0325. The molecule has 4 heteroatoms. The molecule has 62 valence electrons. The molecule has 2 aliphatic rings. The lowest BCUT2D eigenvalue weighted by Crippen LogP contribution is -2.09. The molecule has 0 aromatic carbocycles. The number of nitrogens with two attached hydrogens (primary N) is 1. The number of ether oxygens (including phenoxy) is 2. The molecular weight excluding hydrogens is 144 g/mol. The average molecular weight is 156 g/mol. The maximum atomic E-state index is 5.38. The van der Waals surface area contributed by atoms with Gasteiger partial charge in [-0.25, -0.2) is 4.99 Å². The topological polar surface area (TPSA) is 63.4 Å². The maximum absolute atomic E-state index is 5.38. The quantitative estimate of drug-likeness (QED) is 0.344. The van der Waals surface area contributed by atoms with Gasteiger partial charge in [-0.05, 0) is 13.8 Å². The summed E-state index contributed by atoms with van der Waals surface area (Å²) >= 11 is 0. The van der Waals surface area contributed by atoms with Gasteiger partial charge in [0.15, 0.2) is 6.23 Å². The molecule has 2 N–H and O–H groups in total. The van der Waals surface area contributed by atoms with Gasteiger partial charge >= 0.3 is 0 Å². The third kappa shape index (κ3) is 1.36. The van der Waals surface area contributed by atoms with E-state index in [1.807, 2.05) is 6.92 Å². The third-order valence-electron chi connectivity index (χ3n) is 1.91. The molecule has 2 heterocycles. The van der Waals surface area contributed by atoms with E-state index in [-0.39, 0.29) is 18.4 Å². The second-order valence-electron chi connectivity index (χ2n) is 3.07. The van der Waals surface area contributed by atoms with Crippen molar-refractivity contribution >= 4 is 5.84 Å². The first-order valence-electron chi connectivity index (χ1n) is 3.79. The summed E-state index contributed by atoms with van der Waals surface area (Å²) in [5.41, 5.74) is 5.38. The predicted octanol–water partition coefficient (Wildman–Crippen LogP) is -0.124. The highest BCUT2D eigenvalue weighted by molar-refractivity contribution is 5.77. The number of rotatable bonds is 2. The monoisotopic (exact) mass is 156 g/mol. The van der Waals surface area contributed by atoms with Crippen LogP contribution < -0.4 is 5.73 Å². The normalized spacial score (nSPS) is 49.1. The van der Waals surface area contributed by atoms with Crippen LogP contribution in [0.5, 0.6) is 0 Å². The number of hydrogen-bond donors (Lipinski definition) is 1. The van der Waals surface area contributed by atoms with E-state index in [4.69, 9.17) is 15.2 Å². The van der Waals surface area contributed by atoms with Gasteiger partial charge in [0.05, 0.1) is 11.9 Å². The highest BCUT2D eigenvalue weighted by Crippen LogP contribution is 2.38. The van der Waals surface area contributed by atoms with Crippen molar-refractivity contribution in [2.45, 2.75) is 38.4 Å². The molecule has 4 atom stereocenters. The molecule has 2 saturated heterocycles. The molecule has 0 aromatic heterocycles. The summed E-state index contributed by atoms with van der Waals surface area (Å²) in [4.78, 5) is 4.06. The smallest absolute Gasteiger partial charge is 0.179 e. The van der Waals surface area contributed by atoms with Gasteiger partial charge in [0.2, 0.25) is 0 Å². The van der Waals surface area contributed by atoms with Crippen LogP contribution in [-0.2, 0) is 9.47 Å². The molecular formula is C7H12N2O2. The van der Waals surface area contributed by atoms with Crippen molar-refractivity contribution in [3.05, 3.63) is 0 Å². The van der Waals surface area contributed by atoms with Gasteiger partial charge in [0.25, 0.3) is 0 Å². The zero-order valence-corrected chi connectivity index (χ0v) is 6.65. The largest absolute Gasteiger partial charge is 0.388 e. The Labute approximate surface area is 65.4 Å². The van der Waals surface area contributed by atoms with Gasteiger partial charge in [-0.3, -0.25) is 0 Å². The summed E-state index contributed by atoms with van der Waals surface area (Å²) in [7, 11) is 0. The number of amidine groups is 1. The zero-order chi connectivity index (χ0) is 8.01. The van der Waals surface area contributed by atoms with Crippen molar-refractivity contribution in [3.63, 3.8) is 0 Å². The first-order chi connectivity index (χ1) is 5.18. The van der Waals surface area contributed by atoms with Crippen LogP contribution in [0.15, 0.2) is 4.99 Å². The van der Waals surface area contributed by atoms with Gasteiger partial charge < -0.3 is 15.2 Å². The Morgan fingerprint density at radius 3 is 2.45 bits per heavy atom. The lowest BCUT2D eigenvalue weighted by molar-refractivity contribution is 0.310. The first-order valence-corrected chi connectivity index (χ1v) is 3.79. The van der Waals surface area contributed by atoms with Crippen LogP contribution in [0, 0.1) is 0 Å². The van der Waals surface area contributed by atoms with Gasteiger partial charge in [0, 0.05) is 0 Å². The van der Waals surface area contributed by atoms with Gasteiger partial charge in [-0.1, -0.05) is 0 Å². The Morgan fingerprint density at radius 1 is 1.36 bits per heavy atom. The summed E-state index contributed by atoms with van der Waals surface area (Å²) in [6.07, 6.45) is 0.750. The van der Waals surface area contributed by atoms with E-state index in [2.05, 4.69) is 4.99 Å². The van der Waals surface area contributed by atoms with E-state index in [9.17, 15) is 0 Å². The molecule has 0 spiro atoms. The van der Waals surface area contributed by atoms with Gasteiger partial charge in [-0.15, -0.1) is 0 Å². The van der Waals surface area contributed by atoms with E-state index in [1.165, 1.54) is 0 Å². The Kier molecular flexibility index (Phi) is 1.40. The van der Waals surface area contributed by atoms with Crippen molar-refractivity contribution in [1.29, 1.82) is 0 Å². The molecule has 0 saturated carbocycles. The fraction of sp³-hybridized carbons (Fsp3) is 0.857. The fourth-order valence-electron chi connectivity index (χ4n) is 1.21. The number of aliphatic imine (C=N–C) groups is 1. The minimum Gasteiger partial charge on any atom is -0.388 e. The predicted molar refractivity (Wildman–Crippen MR) is 40.3 cm³/mol. The standard InChI is InChI=1S/C7H12N2O2/c1-3-5(10-3)6-7(11-6)9-4(2)8/h3,5-7H,1-2H3,(H2,8,9). The zero-order valence-electron chi connectivity index (χ0n) is 6.65.